The molecule has 1 amide bonds. The first-order valence-corrected chi connectivity index (χ1v) is 8.50. The Bertz CT molecular complexity index is 913. The zero-order valence-electron chi connectivity index (χ0n) is 11.9. The molecule has 3 rings (SSSR count). The van der Waals surface area contributed by atoms with Crippen molar-refractivity contribution in [3.05, 3.63) is 50.3 Å². The number of fused-ring (bicyclic) bond motifs is 1. The molecule has 0 atom stereocenters. The first-order valence-electron chi connectivity index (χ1n) is 6.54. The van der Waals surface area contributed by atoms with Gasteiger partial charge in [-0.05, 0) is 59.3 Å². The molecule has 0 unspecified atom stereocenters. The highest BCUT2D eigenvalue weighted by atomic mass is 127. The van der Waals surface area contributed by atoms with E-state index in [2.05, 4.69) is 32.9 Å². The Balaban J connectivity index is 2.17. The number of aryl methyl sites for hydroxylation is 1. The smallest absolute Gasteiger partial charge is 0.276 e. The first-order chi connectivity index (χ1) is 11.0. The second kappa shape index (κ2) is 6.38. The van der Waals surface area contributed by atoms with Crippen LogP contribution >= 0.6 is 33.9 Å². The van der Waals surface area contributed by atoms with Gasteiger partial charge in [0.1, 0.15) is 5.52 Å². The van der Waals surface area contributed by atoms with Crippen molar-refractivity contribution < 1.29 is 14.4 Å². The van der Waals surface area contributed by atoms with E-state index < -0.39 is 11.7 Å². The maximum atomic E-state index is 14.8. The van der Waals surface area contributed by atoms with Crippen LogP contribution in [-0.4, -0.2) is 16.1 Å². The number of hydrogen-bond acceptors (Lipinski definition) is 5. The van der Waals surface area contributed by atoms with Crippen molar-refractivity contribution in [1.29, 1.82) is 0 Å². The molecule has 3 N–H and O–H groups in total. The maximum absolute atomic E-state index is 14.8. The summed E-state index contributed by atoms with van der Waals surface area (Å²) in [4.78, 5) is 15.9. The summed E-state index contributed by atoms with van der Waals surface area (Å²) in [5, 5.41) is 11.9. The lowest BCUT2D eigenvalue weighted by atomic mass is 10.1. The van der Waals surface area contributed by atoms with Gasteiger partial charge in [-0.15, -0.1) is 11.3 Å². The zero-order valence-corrected chi connectivity index (χ0v) is 14.8. The summed E-state index contributed by atoms with van der Waals surface area (Å²) in [7, 11) is 0. The molecule has 0 fully saturated rings. The number of aromatic nitrogens is 1. The number of rotatable bonds is 3. The van der Waals surface area contributed by atoms with E-state index in [4.69, 9.17) is 5.21 Å². The molecular weight excluding hydrogens is 432 g/mol. The fourth-order valence-corrected chi connectivity index (χ4v) is 3.58. The summed E-state index contributed by atoms with van der Waals surface area (Å²) in [6, 6.07) is 7.13. The van der Waals surface area contributed by atoms with E-state index >= 15 is 0 Å². The number of amides is 1. The second-order valence-corrected chi connectivity index (χ2v) is 6.97. The molecule has 3 aromatic rings. The van der Waals surface area contributed by atoms with Gasteiger partial charge in [-0.2, -0.15) is 0 Å². The lowest BCUT2D eigenvalue weighted by Crippen LogP contribution is -2.20. The summed E-state index contributed by atoms with van der Waals surface area (Å²) < 4.78 is 16.4. The Morgan fingerprint density at radius 1 is 1.39 bits per heavy atom. The lowest BCUT2D eigenvalue weighted by molar-refractivity contribution is 0.0707. The standard InChI is InChI=1S/C15H11FIN3O2S/c1-7-4-8(17)2-3-10(7)19-13-9(15(21)20-22)5-11-14(12(13)16)18-6-23-11/h2-6,19,22H,1H3,(H,20,21). The molecule has 8 heteroatoms. The Kier molecular flexibility index (Phi) is 4.46. The largest absolute Gasteiger partial charge is 0.352 e. The Morgan fingerprint density at radius 3 is 2.87 bits per heavy atom. The molecule has 0 aliphatic heterocycles. The van der Waals surface area contributed by atoms with Gasteiger partial charge in [0.15, 0.2) is 5.82 Å². The van der Waals surface area contributed by atoms with Crippen LogP contribution in [0.3, 0.4) is 0 Å². The number of halogens is 2. The Labute approximate surface area is 148 Å². The van der Waals surface area contributed by atoms with Crippen LogP contribution in [0.5, 0.6) is 0 Å². The van der Waals surface area contributed by atoms with Crippen LogP contribution in [0, 0.1) is 16.3 Å². The highest BCUT2D eigenvalue weighted by molar-refractivity contribution is 14.1. The minimum absolute atomic E-state index is 0.0136. The van der Waals surface area contributed by atoms with Gasteiger partial charge in [-0.1, -0.05) is 0 Å². The normalized spacial score (nSPS) is 10.8. The zero-order chi connectivity index (χ0) is 16.6. The predicted octanol–water partition coefficient (Wildman–Crippen LogP) is 4.21. The molecule has 1 heterocycles. The van der Waals surface area contributed by atoms with Crippen LogP contribution < -0.4 is 10.8 Å². The summed E-state index contributed by atoms with van der Waals surface area (Å²) in [5.74, 6) is -1.41. The van der Waals surface area contributed by atoms with Crippen molar-refractivity contribution in [3.8, 4) is 0 Å². The number of hydrogen-bond donors (Lipinski definition) is 3. The van der Waals surface area contributed by atoms with Crippen molar-refractivity contribution in [3.63, 3.8) is 0 Å². The number of benzene rings is 2. The number of nitrogens with one attached hydrogen (secondary N) is 2. The highest BCUT2D eigenvalue weighted by Gasteiger charge is 2.20. The SMILES string of the molecule is Cc1cc(I)ccc1Nc1c(C(=O)NO)cc2scnc2c1F. The minimum Gasteiger partial charge on any atom is -0.352 e. The molecule has 0 saturated heterocycles. The van der Waals surface area contributed by atoms with Gasteiger partial charge in [0.2, 0.25) is 0 Å². The van der Waals surface area contributed by atoms with Gasteiger partial charge < -0.3 is 5.32 Å². The van der Waals surface area contributed by atoms with Crippen molar-refractivity contribution in [2.75, 3.05) is 5.32 Å². The van der Waals surface area contributed by atoms with Crippen LogP contribution in [-0.2, 0) is 0 Å². The molecule has 0 aliphatic carbocycles. The number of carbonyl (C=O) groups excluding carboxylic acids is 1. The van der Waals surface area contributed by atoms with Gasteiger partial charge in [-0.25, -0.2) is 14.9 Å². The molecular formula is C15H11FIN3O2S. The van der Waals surface area contributed by atoms with Gasteiger partial charge in [-0.3, -0.25) is 10.0 Å². The summed E-state index contributed by atoms with van der Waals surface area (Å²) in [5.41, 5.74) is 4.83. The molecule has 0 spiro atoms. The average Bonchev–Trinajstić information content (AvgIpc) is 3.00. The molecule has 1 aromatic heterocycles. The van der Waals surface area contributed by atoms with Gasteiger partial charge in [0.25, 0.3) is 5.91 Å². The van der Waals surface area contributed by atoms with Crippen LogP contribution in [0.4, 0.5) is 15.8 Å². The monoisotopic (exact) mass is 443 g/mol. The molecule has 23 heavy (non-hydrogen) atoms. The minimum atomic E-state index is -0.787. The molecule has 0 aliphatic rings. The van der Waals surface area contributed by atoms with Crippen LogP contribution in [0.15, 0.2) is 29.8 Å². The topological polar surface area (TPSA) is 74.2 Å². The fraction of sp³-hybridized carbons (Fsp3) is 0.0667. The molecule has 0 saturated carbocycles. The Hall–Kier alpha value is -1.78. The lowest BCUT2D eigenvalue weighted by Gasteiger charge is -2.14. The summed E-state index contributed by atoms with van der Waals surface area (Å²) in [6.45, 7) is 1.88. The number of thiazole rings is 1. The van der Waals surface area contributed by atoms with E-state index in [-0.39, 0.29) is 16.8 Å². The summed E-state index contributed by atoms with van der Waals surface area (Å²) >= 11 is 3.41. The van der Waals surface area contributed by atoms with E-state index in [9.17, 15) is 9.18 Å². The highest BCUT2D eigenvalue weighted by Crippen LogP contribution is 2.33. The van der Waals surface area contributed by atoms with E-state index in [0.29, 0.717) is 10.4 Å². The molecule has 118 valence electrons. The molecule has 0 bridgehead atoms. The number of hydroxylamine groups is 1. The fourth-order valence-electron chi connectivity index (χ4n) is 2.23. The third-order valence-electron chi connectivity index (χ3n) is 3.36. The molecule has 0 radical (unpaired) electrons. The van der Waals surface area contributed by atoms with Gasteiger partial charge >= 0.3 is 0 Å². The third-order valence-corrected chi connectivity index (χ3v) is 4.81. The van der Waals surface area contributed by atoms with Crippen molar-refractivity contribution in [1.82, 2.24) is 10.5 Å². The van der Waals surface area contributed by atoms with E-state index in [1.807, 2.05) is 25.1 Å². The van der Waals surface area contributed by atoms with E-state index in [1.165, 1.54) is 22.9 Å². The van der Waals surface area contributed by atoms with Crippen LogP contribution in [0.1, 0.15) is 15.9 Å². The van der Waals surface area contributed by atoms with Crippen LogP contribution in [0.25, 0.3) is 10.2 Å². The third kappa shape index (κ3) is 3.01. The first kappa shape index (κ1) is 16.1. The van der Waals surface area contributed by atoms with Crippen molar-refractivity contribution in [2.24, 2.45) is 0 Å². The van der Waals surface area contributed by atoms with Gasteiger partial charge in [0.05, 0.1) is 21.5 Å². The molecule has 2 aromatic carbocycles. The second-order valence-electron chi connectivity index (χ2n) is 4.84. The number of nitrogens with zero attached hydrogens (tertiary/aromatic N) is 1. The number of carbonyl (C=O) groups is 1. The van der Waals surface area contributed by atoms with Crippen LogP contribution in [0.2, 0.25) is 0 Å². The van der Waals surface area contributed by atoms with Crippen molar-refractivity contribution in [2.45, 2.75) is 6.92 Å². The predicted molar refractivity (Wildman–Crippen MR) is 96.0 cm³/mol. The molecule has 5 nitrogen and oxygen atoms in total. The number of anilines is 2. The van der Waals surface area contributed by atoms with Gasteiger partial charge in [0, 0.05) is 9.26 Å². The van der Waals surface area contributed by atoms with E-state index in [1.54, 1.807) is 5.48 Å². The Morgan fingerprint density at radius 2 is 2.17 bits per heavy atom. The van der Waals surface area contributed by atoms with E-state index in [0.717, 1.165) is 9.13 Å². The quantitative estimate of drug-likeness (QED) is 0.322. The summed E-state index contributed by atoms with van der Waals surface area (Å²) in [6.07, 6.45) is 0. The average molecular weight is 443 g/mol. The maximum Gasteiger partial charge on any atom is 0.276 e. The van der Waals surface area contributed by atoms with Crippen molar-refractivity contribution >= 4 is 61.4 Å².